The maximum atomic E-state index is 14.4. The molecule has 1 unspecified atom stereocenters. The Morgan fingerprint density at radius 3 is 2.64 bits per heavy atom. The second kappa shape index (κ2) is 10.7. The number of rotatable bonds is 6. The van der Waals surface area contributed by atoms with Gasteiger partial charge in [0.2, 0.25) is 5.91 Å². The van der Waals surface area contributed by atoms with Gasteiger partial charge in [-0.15, -0.1) is 5.10 Å². The minimum Gasteiger partial charge on any atom is -0.481 e. The van der Waals surface area contributed by atoms with E-state index in [1.807, 2.05) is 17.0 Å². The van der Waals surface area contributed by atoms with Crippen molar-refractivity contribution in [3.63, 3.8) is 0 Å². The highest BCUT2D eigenvalue weighted by molar-refractivity contribution is 6.35. The molecule has 1 aliphatic carbocycles. The first kappa shape index (κ1) is 28.7. The fourth-order valence-corrected chi connectivity index (χ4v) is 7.27. The molecule has 0 bridgehead atoms. The van der Waals surface area contributed by atoms with E-state index in [0.29, 0.717) is 34.5 Å². The van der Waals surface area contributed by atoms with Gasteiger partial charge in [-0.2, -0.15) is 0 Å². The lowest BCUT2D eigenvalue weighted by Gasteiger charge is -2.57. The predicted octanol–water partition coefficient (Wildman–Crippen LogP) is 5.37. The van der Waals surface area contributed by atoms with Crippen LogP contribution in [0.1, 0.15) is 57.2 Å². The van der Waals surface area contributed by atoms with E-state index in [1.54, 1.807) is 16.9 Å². The van der Waals surface area contributed by atoms with E-state index in [0.717, 1.165) is 37.7 Å². The summed E-state index contributed by atoms with van der Waals surface area (Å²) in [6.45, 7) is 5.28. The highest BCUT2D eigenvalue weighted by Crippen LogP contribution is 2.48. The predicted molar refractivity (Wildman–Crippen MR) is 158 cm³/mol. The molecular formula is C30H33Cl2FN6O3. The molecular weight excluding hydrogens is 582 g/mol. The monoisotopic (exact) mass is 614 g/mol. The third-order valence-corrected chi connectivity index (χ3v) is 9.52. The fourth-order valence-electron chi connectivity index (χ4n) is 6.68. The minimum absolute atomic E-state index is 0.0756. The molecule has 6 rings (SSSR count). The van der Waals surface area contributed by atoms with Gasteiger partial charge in [0.1, 0.15) is 17.3 Å². The topological polar surface area (TPSA) is 107 Å². The van der Waals surface area contributed by atoms with E-state index in [9.17, 15) is 14.0 Å². The van der Waals surface area contributed by atoms with E-state index in [2.05, 4.69) is 24.2 Å². The number of benzene rings is 2. The maximum absolute atomic E-state index is 14.4. The highest BCUT2D eigenvalue weighted by atomic mass is 35.5. The molecule has 3 heterocycles. The van der Waals surface area contributed by atoms with E-state index in [1.165, 1.54) is 17.0 Å². The summed E-state index contributed by atoms with van der Waals surface area (Å²) in [5.74, 6) is -0.559. The Kier molecular flexibility index (Phi) is 7.33. The number of nitrogen functional groups attached to an aromatic ring is 1. The summed E-state index contributed by atoms with van der Waals surface area (Å²) in [4.78, 5) is 30.5. The van der Waals surface area contributed by atoms with Crippen LogP contribution in [0.4, 0.5) is 15.8 Å². The zero-order valence-corrected chi connectivity index (χ0v) is 25.1. The highest BCUT2D eigenvalue weighted by Gasteiger charge is 2.54. The number of fused-ring (bicyclic) bond motifs is 1. The first-order valence-electron chi connectivity index (χ1n) is 14.2. The van der Waals surface area contributed by atoms with Gasteiger partial charge in [0.05, 0.1) is 42.1 Å². The molecule has 2 aliphatic heterocycles. The van der Waals surface area contributed by atoms with Crippen LogP contribution in [0.15, 0.2) is 36.5 Å². The molecule has 3 aliphatic rings. The number of likely N-dealkylation sites (tertiary alicyclic amines) is 1. The van der Waals surface area contributed by atoms with Gasteiger partial charge in [0.25, 0.3) is 5.91 Å². The zero-order valence-electron chi connectivity index (χ0n) is 23.6. The van der Waals surface area contributed by atoms with Crippen molar-refractivity contribution in [3.05, 3.63) is 63.6 Å². The number of ether oxygens (including phenoxy) is 1. The number of hydrogen-bond donors (Lipinski definition) is 1. The van der Waals surface area contributed by atoms with E-state index in [4.69, 9.17) is 33.7 Å². The van der Waals surface area contributed by atoms with Crippen molar-refractivity contribution in [2.45, 2.75) is 70.5 Å². The van der Waals surface area contributed by atoms with Gasteiger partial charge < -0.3 is 15.4 Å². The van der Waals surface area contributed by atoms with E-state index < -0.39 is 11.2 Å². The molecule has 1 aromatic heterocycles. The Morgan fingerprint density at radius 2 is 1.93 bits per heavy atom. The molecule has 1 saturated carbocycles. The molecule has 9 nitrogen and oxygen atoms in total. The Labute approximate surface area is 253 Å². The van der Waals surface area contributed by atoms with Crippen LogP contribution in [0.3, 0.4) is 0 Å². The number of amides is 2. The van der Waals surface area contributed by atoms with Gasteiger partial charge >= 0.3 is 0 Å². The van der Waals surface area contributed by atoms with Gasteiger partial charge in [-0.25, -0.2) is 4.39 Å². The number of carbonyl (C=O) groups is 2. The molecule has 2 fully saturated rings. The minimum atomic E-state index is -0.687. The Hall–Kier alpha value is -3.37. The Balaban J connectivity index is 1.23. The van der Waals surface area contributed by atoms with Crippen molar-refractivity contribution in [3.8, 4) is 5.75 Å². The van der Waals surface area contributed by atoms with Crippen LogP contribution in [0, 0.1) is 11.2 Å². The van der Waals surface area contributed by atoms with Gasteiger partial charge in [0, 0.05) is 28.1 Å². The van der Waals surface area contributed by atoms with Gasteiger partial charge in [-0.3, -0.25) is 19.2 Å². The summed E-state index contributed by atoms with van der Waals surface area (Å²) in [7, 11) is 0. The smallest absolute Gasteiger partial charge is 0.265 e. The third kappa shape index (κ3) is 4.98. The number of hydrogen-bond acceptors (Lipinski definition) is 6. The number of carbonyl (C=O) groups excluding carboxylic acids is 2. The molecule has 3 aromatic rings. The molecule has 42 heavy (non-hydrogen) atoms. The van der Waals surface area contributed by atoms with Crippen molar-refractivity contribution in [2.75, 3.05) is 23.8 Å². The number of nitrogens with two attached hydrogens (primary N) is 1. The first-order chi connectivity index (χ1) is 20.0. The largest absolute Gasteiger partial charge is 0.481 e. The third-order valence-electron chi connectivity index (χ3n) is 8.97. The molecule has 12 heteroatoms. The first-order valence-corrected chi connectivity index (χ1v) is 14.9. The fraction of sp³-hybridized carbons (Fsp3) is 0.467. The lowest BCUT2D eigenvalue weighted by molar-refractivity contribution is -0.161. The van der Waals surface area contributed by atoms with Crippen molar-refractivity contribution in [2.24, 2.45) is 5.41 Å². The number of nitrogens with zero attached hydrogens (tertiary/aromatic N) is 5. The average Bonchev–Trinajstić information content (AvgIpc) is 3.40. The normalized spacial score (nSPS) is 21.0. The summed E-state index contributed by atoms with van der Waals surface area (Å²) >= 11 is 12.9. The van der Waals surface area contributed by atoms with Crippen molar-refractivity contribution in [1.82, 2.24) is 19.9 Å². The van der Waals surface area contributed by atoms with Gasteiger partial charge in [-0.1, -0.05) is 67.6 Å². The average molecular weight is 616 g/mol. The van der Waals surface area contributed by atoms with Crippen LogP contribution >= 0.6 is 23.2 Å². The molecule has 2 N–H and O–H groups in total. The number of aromatic nitrogens is 3. The molecule has 0 radical (unpaired) electrons. The van der Waals surface area contributed by atoms with Crippen LogP contribution in [0.25, 0.3) is 0 Å². The summed E-state index contributed by atoms with van der Waals surface area (Å²) in [6, 6.07) is 7.90. The van der Waals surface area contributed by atoms with Crippen LogP contribution in [-0.2, 0) is 28.1 Å². The van der Waals surface area contributed by atoms with Crippen molar-refractivity contribution in [1.29, 1.82) is 0 Å². The second-order valence-electron chi connectivity index (χ2n) is 12.2. The summed E-state index contributed by atoms with van der Waals surface area (Å²) in [6.07, 6.45) is 6.27. The quantitative estimate of drug-likeness (QED) is 0.374. The van der Waals surface area contributed by atoms with Crippen LogP contribution in [0.5, 0.6) is 5.75 Å². The standard InChI is InChI=1S/C30H33Cl2FN6O3/c1-29(2)17-39(28(41)30(8-4-3-5-9-30)20-7-6-18(31)10-21(20)32)26(29)15-37-13-19(35-36-37)14-38-24-12-23(34)22(33)11-25(24)42-16-27(38)40/h6-7,10-13,26H,3-5,8-9,14-17,34H2,1-2H3. The summed E-state index contributed by atoms with van der Waals surface area (Å²) in [5, 5.41) is 9.70. The van der Waals surface area contributed by atoms with E-state index in [-0.39, 0.29) is 47.9 Å². The van der Waals surface area contributed by atoms with Crippen LogP contribution < -0.4 is 15.4 Å². The Morgan fingerprint density at radius 1 is 1.17 bits per heavy atom. The zero-order chi connectivity index (χ0) is 29.8. The summed E-state index contributed by atoms with van der Waals surface area (Å²) < 4.78 is 21.1. The number of anilines is 2. The lowest BCUT2D eigenvalue weighted by atomic mass is 9.65. The number of halogens is 3. The van der Waals surface area contributed by atoms with Crippen molar-refractivity contribution >= 4 is 46.4 Å². The van der Waals surface area contributed by atoms with E-state index >= 15 is 0 Å². The molecule has 2 aromatic carbocycles. The molecule has 0 spiro atoms. The summed E-state index contributed by atoms with van der Waals surface area (Å²) in [5.41, 5.74) is 6.64. The lowest BCUT2D eigenvalue weighted by Crippen LogP contribution is -2.68. The molecule has 1 saturated heterocycles. The van der Waals surface area contributed by atoms with Gasteiger partial charge in [-0.05, 0) is 36.6 Å². The van der Waals surface area contributed by atoms with Crippen molar-refractivity contribution < 1.29 is 18.7 Å². The van der Waals surface area contributed by atoms with Gasteiger partial charge in [0.15, 0.2) is 6.61 Å². The van der Waals surface area contributed by atoms with Crippen LogP contribution in [0.2, 0.25) is 10.0 Å². The second-order valence-corrected chi connectivity index (χ2v) is 13.1. The molecule has 2 amide bonds. The SMILES string of the molecule is CC1(C)CN(C(=O)C2(c3ccc(Cl)cc3Cl)CCCCC2)C1Cn1cc(CN2C(=O)COc3cc(F)c(N)cc32)nn1. The molecule has 1 atom stereocenters. The maximum Gasteiger partial charge on any atom is 0.265 e. The van der Waals surface area contributed by atoms with Crippen LogP contribution in [-0.4, -0.2) is 50.9 Å². The Bertz CT molecular complexity index is 1550. The molecule has 222 valence electrons.